The van der Waals surface area contributed by atoms with Crippen molar-refractivity contribution < 1.29 is 8.42 Å². The van der Waals surface area contributed by atoms with Crippen molar-refractivity contribution in [3.05, 3.63) is 52.5 Å². The molecule has 0 unspecified atom stereocenters. The molecule has 0 aromatic heterocycles. The summed E-state index contributed by atoms with van der Waals surface area (Å²) in [7, 11) is -1.54. The normalized spacial score (nSPS) is 15.9. The highest BCUT2D eigenvalue weighted by Gasteiger charge is 2.21. The molecule has 3 rings (SSSR count). The van der Waals surface area contributed by atoms with Crippen LogP contribution in [-0.2, 0) is 16.4 Å². The average Bonchev–Trinajstić information content (AvgIpc) is 2.62. The molecule has 0 amide bonds. The van der Waals surface area contributed by atoms with Crippen LogP contribution in [0.2, 0.25) is 0 Å². The summed E-state index contributed by atoms with van der Waals surface area (Å²) in [5.74, 6) is 0. The van der Waals surface area contributed by atoms with E-state index in [2.05, 4.69) is 37.5 Å². The van der Waals surface area contributed by atoms with Crippen LogP contribution in [0.3, 0.4) is 0 Å². The predicted molar refractivity (Wildman–Crippen MR) is 110 cm³/mol. The second kappa shape index (κ2) is 7.98. The van der Waals surface area contributed by atoms with Gasteiger partial charge >= 0.3 is 0 Å². The van der Waals surface area contributed by atoms with Crippen molar-refractivity contribution in [3.8, 4) is 0 Å². The van der Waals surface area contributed by atoms with Crippen molar-refractivity contribution in [1.29, 1.82) is 0 Å². The van der Waals surface area contributed by atoms with Crippen molar-refractivity contribution in [2.24, 2.45) is 0 Å². The number of nitrogens with one attached hydrogen (secondary N) is 1. The van der Waals surface area contributed by atoms with E-state index >= 15 is 0 Å². The molecule has 0 aliphatic carbocycles. The van der Waals surface area contributed by atoms with Crippen LogP contribution in [0.4, 0.5) is 11.4 Å². The zero-order valence-corrected chi connectivity index (χ0v) is 17.5. The Balaban J connectivity index is 1.89. The van der Waals surface area contributed by atoms with Gasteiger partial charge in [-0.15, -0.1) is 0 Å². The summed E-state index contributed by atoms with van der Waals surface area (Å²) in [4.78, 5) is 4.78. The van der Waals surface area contributed by atoms with Crippen LogP contribution in [0, 0.1) is 0 Å². The number of halogens is 1. The number of nitrogens with zero attached hydrogens (tertiary/aromatic N) is 2. The standard InChI is InChI=1S/C19H24BrN3O2S/c1-3-15-4-7-17(8-5-15)26(24,25)21-18-14-16(20)6-9-19(18)23-12-10-22(2)11-13-23/h4-9,14,21H,3,10-13H2,1-2H3. The summed E-state index contributed by atoms with van der Waals surface area (Å²) >= 11 is 3.45. The number of hydrogen-bond donors (Lipinski definition) is 1. The summed E-state index contributed by atoms with van der Waals surface area (Å²) in [6.07, 6.45) is 0.882. The number of aryl methyl sites for hydroxylation is 1. The molecule has 140 valence electrons. The minimum Gasteiger partial charge on any atom is -0.367 e. The lowest BCUT2D eigenvalue weighted by molar-refractivity contribution is 0.313. The van der Waals surface area contributed by atoms with Gasteiger partial charge in [-0.3, -0.25) is 4.72 Å². The summed E-state index contributed by atoms with van der Waals surface area (Å²) < 4.78 is 29.3. The Kier molecular flexibility index (Phi) is 5.89. The topological polar surface area (TPSA) is 52.7 Å². The molecule has 1 fully saturated rings. The minimum atomic E-state index is -3.63. The van der Waals surface area contributed by atoms with Crippen molar-refractivity contribution in [2.75, 3.05) is 42.8 Å². The van der Waals surface area contributed by atoms with Gasteiger partial charge in [-0.25, -0.2) is 8.42 Å². The number of benzene rings is 2. The lowest BCUT2D eigenvalue weighted by atomic mass is 10.2. The van der Waals surface area contributed by atoms with E-state index in [1.165, 1.54) is 0 Å². The number of anilines is 2. The van der Waals surface area contributed by atoms with Gasteiger partial charge < -0.3 is 9.80 Å². The van der Waals surface area contributed by atoms with E-state index in [1.807, 2.05) is 37.3 Å². The highest BCUT2D eigenvalue weighted by atomic mass is 79.9. The Morgan fingerprint density at radius 2 is 1.69 bits per heavy atom. The first-order valence-corrected chi connectivity index (χ1v) is 11.0. The van der Waals surface area contributed by atoms with Gasteiger partial charge in [0.15, 0.2) is 0 Å². The fourth-order valence-electron chi connectivity index (χ4n) is 3.02. The largest absolute Gasteiger partial charge is 0.367 e. The molecule has 0 spiro atoms. The Bertz CT molecular complexity index is 861. The molecule has 1 N–H and O–H groups in total. The first kappa shape index (κ1) is 19.2. The van der Waals surface area contributed by atoms with Gasteiger partial charge in [-0.1, -0.05) is 35.0 Å². The second-order valence-corrected chi connectivity index (χ2v) is 9.15. The third-order valence-electron chi connectivity index (χ3n) is 4.69. The first-order chi connectivity index (χ1) is 12.4. The number of piperazine rings is 1. The third-order valence-corrected chi connectivity index (χ3v) is 6.56. The van der Waals surface area contributed by atoms with E-state index in [0.717, 1.165) is 48.3 Å². The van der Waals surface area contributed by atoms with Crippen LogP contribution >= 0.6 is 15.9 Å². The van der Waals surface area contributed by atoms with Gasteiger partial charge in [0.2, 0.25) is 0 Å². The maximum atomic E-state index is 12.8. The quantitative estimate of drug-likeness (QED) is 0.776. The molecular weight excluding hydrogens is 414 g/mol. The van der Waals surface area contributed by atoms with Crippen LogP contribution in [-0.4, -0.2) is 46.5 Å². The van der Waals surface area contributed by atoms with Gasteiger partial charge in [-0.2, -0.15) is 0 Å². The molecule has 0 atom stereocenters. The maximum Gasteiger partial charge on any atom is 0.261 e. The monoisotopic (exact) mass is 437 g/mol. The second-order valence-electron chi connectivity index (χ2n) is 6.55. The molecule has 0 radical (unpaired) electrons. The van der Waals surface area contributed by atoms with E-state index in [-0.39, 0.29) is 4.90 Å². The molecule has 1 aliphatic rings. The van der Waals surface area contributed by atoms with Gasteiger partial charge in [0.1, 0.15) is 0 Å². The van der Waals surface area contributed by atoms with Crippen molar-refractivity contribution in [2.45, 2.75) is 18.2 Å². The molecule has 0 bridgehead atoms. The Hall–Kier alpha value is -1.57. The van der Waals surface area contributed by atoms with E-state index in [4.69, 9.17) is 0 Å². The fourth-order valence-corrected chi connectivity index (χ4v) is 4.45. The van der Waals surface area contributed by atoms with Crippen LogP contribution in [0.1, 0.15) is 12.5 Å². The van der Waals surface area contributed by atoms with Gasteiger partial charge in [-0.05, 0) is 49.4 Å². The van der Waals surface area contributed by atoms with Crippen molar-refractivity contribution in [3.63, 3.8) is 0 Å². The Morgan fingerprint density at radius 3 is 2.31 bits per heavy atom. The van der Waals surface area contributed by atoms with Crippen molar-refractivity contribution >= 4 is 37.3 Å². The smallest absolute Gasteiger partial charge is 0.261 e. The lowest BCUT2D eigenvalue weighted by Gasteiger charge is -2.35. The highest BCUT2D eigenvalue weighted by Crippen LogP contribution is 2.32. The molecule has 5 nitrogen and oxygen atoms in total. The maximum absolute atomic E-state index is 12.8. The van der Waals surface area contributed by atoms with Gasteiger partial charge in [0.05, 0.1) is 16.3 Å². The van der Waals surface area contributed by atoms with E-state index < -0.39 is 10.0 Å². The first-order valence-electron chi connectivity index (χ1n) is 8.74. The van der Waals surface area contributed by atoms with E-state index in [0.29, 0.717) is 5.69 Å². The number of rotatable bonds is 5. The molecule has 1 aliphatic heterocycles. The fraction of sp³-hybridized carbons (Fsp3) is 0.368. The minimum absolute atomic E-state index is 0.277. The zero-order chi connectivity index (χ0) is 18.7. The molecule has 2 aromatic carbocycles. The summed E-state index contributed by atoms with van der Waals surface area (Å²) in [5.41, 5.74) is 2.63. The van der Waals surface area contributed by atoms with Crippen LogP contribution in [0.25, 0.3) is 0 Å². The van der Waals surface area contributed by atoms with Crippen LogP contribution < -0.4 is 9.62 Å². The van der Waals surface area contributed by atoms with Gasteiger partial charge in [0, 0.05) is 30.7 Å². The van der Waals surface area contributed by atoms with Gasteiger partial charge in [0.25, 0.3) is 10.0 Å². The van der Waals surface area contributed by atoms with E-state index in [9.17, 15) is 8.42 Å². The number of sulfonamides is 1. The third kappa shape index (κ3) is 4.39. The SMILES string of the molecule is CCc1ccc(S(=O)(=O)Nc2cc(Br)ccc2N2CCN(C)CC2)cc1. The molecule has 1 saturated heterocycles. The molecule has 0 saturated carbocycles. The predicted octanol–water partition coefficient (Wildman–Crippen LogP) is 3.56. The number of likely N-dealkylation sites (N-methyl/N-ethyl adjacent to an activating group) is 1. The summed E-state index contributed by atoms with van der Waals surface area (Å²) in [6, 6.07) is 12.8. The Labute approximate surface area is 164 Å². The summed E-state index contributed by atoms with van der Waals surface area (Å²) in [5, 5.41) is 0. The van der Waals surface area contributed by atoms with E-state index in [1.54, 1.807) is 12.1 Å². The van der Waals surface area contributed by atoms with Crippen LogP contribution in [0.15, 0.2) is 51.8 Å². The van der Waals surface area contributed by atoms with Crippen molar-refractivity contribution in [1.82, 2.24) is 4.90 Å². The Morgan fingerprint density at radius 1 is 1.04 bits per heavy atom. The van der Waals surface area contributed by atoms with Crippen LogP contribution in [0.5, 0.6) is 0 Å². The lowest BCUT2D eigenvalue weighted by Crippen LogP contribution is -2.44. The average molecular weight is 438 g/mol. The summed E-state index contributed by atoms with van der Waals surface area (Å²) in [6.45, 7) is 5.71. The highest BCUT2D eigenvalue weighted by molar-refractivity contribution is 9.10. The number of hydrogen-bond acceptors (Lipinski definition) is 4. The molecule has 1 heterocycles. The molecular formula is C19H24BrN3O2S. The molecule has 2 aromatic rings. The zero-order valence-electron chi connectivity index (χ0n) is 15.1. The molecule has 26 heavy (non-hydrogen) atoms. The molecule has 7 heteroatoms.